The van der Waals surface area contributed by atoms with E-state index in [2.05, 4.69) is 18.7 Å². The van der Waals surface area contributed by atoms with Gasteiger partial charge in [-0.2, -0.15) is 8.67 Å². The van der Waals surface area contributed by atoms with Gasteiger partial charge < -0.3 is 19.6 Å². The van der Waals surface area contributed by atoms with Crippen LogP contribution in [-0.4, -0.2) is 46.9 Å². The summed E-state index contributed by atoms with van der Waals surface area (Å²) in [5.74, 6) is -2.02. The van der Waals surface area contributed by atoms with Crippen LogP contribution in [0.15, 0.2) is 114 Å². The molecular weight excluding hydrogens is 937 g/mol. The summed E-state index contributed by atoms with van der Waals surface area (Å²) in [7, 11) is -10.4. The molecule has 0 fully saturated rings. The molecule has 2 aromatic heterocycles. The molecule has 0 atom stereocenters. The second-order valence-corrected chi connectivity index (χ2v) is 16.9. The van der Waals surface area contributed by atoms with Gasteiger partial charge in [-0.1, -0.05) is 23.3 Å². The molecule has 62 heavy (non-hydrogen) atoms. The first-order valence-electron chi connectivity index (χ1n) is 16.1. The smallest absolute Gasteiger partial charge is 0.744 e. The van der Waals surface area contributed by atoms with E-state index in [0.717, 1.165) is 45.5 Å². The Bertz CT molecular complexity index is 3080. The minimum absolute atomic E-state index is 0. The van der Waals surface area contributed by atoms with Gasteiger partial charge in [-0.3, -0.25) is 38.4 Å². The summed E-state index contributed by atoms with van der Waals surface area (Å²) in [5.41, 5.74) is -1.45. The molecule has 0 aliphatic carbocycles. The Morgan fingerprint density at radius 1 is 0.516 bits per heavy atom. The fourth-order valence-corrected chi connectivity index (χ4v) is 8.64. The number of carbonyl (C=O) groups is 2. The van der Waals surface area contributed by atoms with Gasteiger partial charge in [0, 0.05) is 42.5 Å². The van der Waals surface area contributed by atoms with Gasteiger partial charge in [0.05, 0.1) is 55.9 Å². The van der Waals surface area contributed by atoms with Crippen LogP contribution in [0.25, 0.3) is 43.6 Å². The summed E-state index contributed by atoms with van der Waals surface area (Å²) in [6.07, 6.45) is 0. The fraction of sp³-hybridized carbons (Fsp3) is 0.0556. The summed E-state index contributed by atoms with van der Waals surface area (Å²) in [5, 5.41) is 27.2. The monoisotopic (exact) mass is 956 g/mol. The first-order chi connectivity index (χ1) is 27.4. The largest absolute Gasteiger partial charge is 1.00 e. The average Bonchev–Trinajstić information content (AvgIpc) is 3.18. The molecule has 0 aliphatic rings. The van der Waals surface area contributed by atoms with Gasteiger partial charge >= 0.3 is 118 Å². The van der Waals surface area contributed by atoms with Crippen molar-refractivity contribution in [1.29, 1.82) is 0 Å². The van der Waals surface area contributed by atoms with Crippen LogP contribution in [0.5, 0.6) is 0 Å². The maximum absolute atomic E-state index is 14.6. The third-order valence-electron chi connectivity index (χ3n) is 8.91. The molecule has 0 spiro atoms. The van der Waals surface area contributed by atoms with Crippen molar-refractivity contribution in [3.8, 4) is 0 Å². The molecule has 0 radical (unpaired) electrons. The van der Waals surface area contributed by atoms with Crippen LogP contribution in [0, 0.1) is 13.8 Å². The third-order valence-corrected chi connectivity index (χ3v) is 11.6. The van der Waals surface area contributed by atoms with Crippen LogP contribution in [-0.2, 0) is 39.0 Å². The van der Waals surface area contributed by atoms with Gasteiger partial charge in [-0.25, -0.2) is 16.8 Å². The number of benzene rings is 5. The van der Waals surface area contributed by atoms with Gasteiger partial charge in [0.25, 0.3) is 11.8 Å². The van der Waals surface area contributed by atoms with E-state index in [1.54, 1.807) is 26.0 Å². The Morgan fingerprint density at radius 2 is 0.855 bits per heavy atom. The molecule has 5 aromatic carbocycles. The third kappa shape index (κ3) is 11.1. The van der Waals surface area contributed by atoms with Crippen LogP contribution in [0.1, 0.15) is 31.8 Å². The quantitative estimate of drug-likeness (QED) is 0.0307. The van der Waals surface area contributed by atoms with Crippen molar-refractivity contribution in [1.82, 2.24) is 9.13 Å². The standard InChI is InChI=1S/C36H24N2O16S4.4Na/c1-17-3-5-29-25(7-17)33(39)27-15-32-28(16-31(27)37(29)35(41)19-9-21(55-53-51-43)13-23(11-19)57(45,46)47)34(40)26-8-18(2)4-6-30(26)38(32)36(42)20-10-22(56-54-52-44)14-24(12-20)58(48,49)50;;;;/h3-16,43-44H,1-2H3,(H,45,46,47)(H,48,49,50);;;;/q;4*+1/p-4. The minimum atomic E-state index is -5.20. The molecule has 7 rings (SSSR count). The second kappa shape index (κ2) is 22.0. The van der Waals surface area contributed by atoms with Gasteiger partial charge in [0.15, 0.2) is 10.9 Å². The molecule has 0 saturated heterocycles. The van der Waals surface area contributed by atoms with E-state index in [9.17, 15) is 55.6 Å². The number of nitrogens with zero attached hydrogens (tertiary/aromatic N) is 2. The van der Waals surface area contributed by atoms with E-state index in [4.69, 9.17) is 0 Å². The van der Waals surface area contributed by atoms with E-state index in [1.165, 1.54) is 36.4 Å². The predicted octanol–water partition coefficient (Wildman–Crippen LogP) is -9.10. The van der Waals surface area contributed by atoms with Crippen molar-refractivity contribution in [2.24, 2.45) is 0 Å². The maximum atomic E-state index is 14.6. The molecule has 0 aliphatic heterocycles. The fourth-order valence-electron chi connectivity index (χ4n) is 6.49. The summed E-state index contributed by atoms with van der Waals surface area (Å²) >= 11 is 0.399. The zero-order valence-electron chi connectivity index (χ0n) is 33.1. The molecule has 18 nitrogen and oxygen atoms in total. The van der Waals surface area contributed by atoms with Crippen LogP contribution >= 0.6 is 24.1 Å². The van der Waals surface area contributed by atoms with E-state index < -0.39 is 63.8 Å². The summed E-state index contributed by atoms with van der Waals surface area (Å²) in [6.45, 7) is 3.34. The molecular formula is C36H20N2Na4O16S4. The minimum Gasteiger partial charge on any atom is -0.744 e. The molecule has 0 N–H and O–H groups in total. The zero-order chi connectivity index (χ0) is 41.8. The van der Waals surface area contributed by atoms with E-state index >= 15 is 0 Å². The Balaban J connectivity index is 0.00000256. The molecule has 0 saturated carbocycles. The molecule has 2 heterocycles. The van der Waals surface area contributed by atoms with Gasteiger partial charge in [0.1, 0.15) is 20.2 Å². The molecule has 7 aromatic rings. The Morgan fingerprint density at radius 3 is 1.18 bits per heavy atom. The number of rotatable bonds is 10. The number of pyridine rings is 2. The molecule has 26 heteroatoms. The first kappa shape index (κ1) is 55.0. The topological polar surface area (TPSA) is 276 Å². The van der Waals surface area contributed by atoms with E-state index in [0.29, 0.717) is 11.1 Å². The van der Waals surface area contributed by atoms with Crippen molar-refractivity contribution in [2.75, 3.05) is 0 Å². The van der Waals surface area contributed by atoms with Crippen molar-refractivity contribution < 1.29 is 183 Å². The van der Waals surface area contributed by atoms with Crippen LogP contribution in [0.2, 0.25) is 0 Å². The number of hydrogen-bond acceptors (Lipinski definition) is 18. The zero-order valence-corrected chi connectivity index (χ0v) is 44.4. The number of carbonyl (C=O) groups excluding carboxylic acids is 2. The summed E-state index contributed by atoms with van der Waals surface area (Å²) in [6, 6.07) is 16.7. The predicted molar refractivity (Wildman–Crippen MR) is 199 cm³/mol. The molecule has 0 unspecified atom stereocenters. The SMILES string of the molecule is Cc1ccc2c(c1)c(=O)c1cc3c(cc1n2C(=O)c1cc(SOO[O-])cc(S(=O)(=O)[O-])c1)c(=O)c1cc(C)ccc1n3C(=O)c1cc(SOO[O-])cc(S(=O)(=O)[O-])c1.[Na+].[Na+].[Na+].[Na+]. The molecule has 0 bridgehead atoms. The Labute approximate surface area is 447 Å². The summed E-state index contributed by atoms with van der Waals surface area (Å²) < 4.78 is 83.3. The van der Waals surface area contributed by atoms with Crippen LogP contribution in [0.4, 0.5) is 0 Å². The normalized spacial score (nSPS) is 11.5. The van der Waals surface area contributed by atoms with Crippen molar-refractivity contribution in [3.05, 3.63) is 128 Å². The number of hydrogen-bond donors (Lipinski definition) is 0. The Kier molecular flexibility index (Phi) is 19.5. The molecule has 0 amide bonds. The van der Waals surface area contributed by atoms with Crippen molar-refractivity contribution in [2.45, 2.75) is 33.4 Å². The van der Waals surface area contributed by atoms with Gasteiger partial charge in [0.2, 0.25) is 0 Å². The van der Waals surface area contributed by atoms with E-state index in [-0.39, 0.29) is 196 Å². The van der Waals surface area contributed by atoms with Crippen LogP contribution in [0.3, 0.4) is 0 Å². The van der Waals surface area contributed by atoms with Crippen molar-refractivity contribution in [3.63, 3.8) is 0 Å². The Hall–Kier alpha value is -1.34. The average molecular weight is 957 g/mol. The maximum Gasteiger partial charge on any atom is 1.00 e. The van der Waals surface area contributed by atoms with E-state index in [1.807, 2.05) is 0 Å². The first-order valence-corrected chi connectivity index (χ1v) is 20.4. The number of aromatic nitrogens is 2. The number of fused-ring (bicyclic) bond motifs is 4. The summed E-state index contributed by atoms with van der Waals surface area (Å²) in [4.78, 5) is 55.8. The molecule has 298 valence electrons. The van der Waals surface area contributed by atoms with Gasteiger partial charge in [-0.05, 0) is 86.6 Å². The van der Waals surface area contributed by atoms with Gasteiger partial charge in [-0.15, -0.1) is 0 Å². The van der Waals surface area contributed by atoms with Crippen LogP contribution < -0.4 is 140 Å². The van der Waals surface area contributed by atoms with Crippen molar-refractivity contribution >= 4 is 99.7 Å². The number of aryl methyl sites for hydroxylation is 2. The second-order valence-electron chi connectivity index (χ2n) is 12.6.